The summed E-state index contributed by atoms with van der Waals surface area (Å²) in [5.74, 6) is -1.71. The van der Waals surface area contributed by atoms with E-state index in [1.54, 1.807) is 54.4 Å². The van der Waals surface area contributed by atoms with Gasteiger partial charge in [0.15, 0.2) is 23.0 Å². The van der Waals surface area contributed by atoms with Gasteiger partial charge in [0, 0.05) is 86.0 Å². The Morgan fingerprint density at radius 3 is 1.96 bits per heavy atom. The van der Waals surface area contributed by atoms with Crippen LogP contribution in [-0.2, 0) is 54.8 Å². The number of nitrogens with one attached hydrogen (secondary N) is 5. The molecule has 21 heteroatoms. The Labute approximate surface area is 473 Å². The highest BCUT2D eigenvalue weighted by molar-refractivity contribution is 6.16. The second kappa shape index (κ2) is 24.1. The van der Waals surface area contributed by atoms with Gasteiger partial charge in [0.1, 0.15) is 25.3 Å². The highest BCUT2D eigenvalue weighted by Gasteiger charge is 2.39. The van der Waals surface area contributed by atoms with Crippen molar-refractivity contribution >= 4 is 81.9 Å². The molecule has 0 bridgehead atoms. The monoisotopic (exact) mass is 1110 g/mol. The van der Waals surface area contributed by atoms with E-state index >= 15 is 0 Å². The fourth-order valence-corrected chi connectivity index (χ4v) is 10.8. The van der Waals surface area contributed by atoms with Gasteiger partial charge in [0.25, 0.3) is 23.6 Å². The number of carbonyl (C=O) groups is 8. The predicted molar refractivity (Wildman–Crippen MR) is 305 cm³/mol. The number of benzene rings is 5. The molecule has 0 radical (unpaired) electrons. The van der Waals surface area contributed by atoms with Gasteiger partial charge in [-0.05, 0) is 105 Å². The summed E-state index contributed by atoms with van der Waals surface area (Å²) >= 11 is 0. The Hall–Kier alpha value is -9.53. The maximum atomic E-state index is 14.1. The zero-order valence-electron chi connectivity index (χ0n) is 46.1. The number of methoxy groups -OCH3 is 2. The number of ether oxygens (including phenoxy) is 4. The van der Waals surface area contributed by atoms with Crippen LogP contribution in [0.25, 0.3) is 0 Å². The maximum Gasteiger partial charge on any atom is 0.261 e. The number of aliphatic imine (C=N–C) groups is 1. The Bertz CT molecular complexity index is 3490. The SMILES string of the molecule is COc1cc2c(cc1OCc1cc(COc3cc4c(cc3OC)C(=O)N3c5ccccc5C[C@H]3CN4)cc(NC(=O)[C@H](C)NC(=O)[C@H](C)NC(=O)CCCCC(=O)NCCN3C(=O)C=C(C)C3=O)c1)N=C[C@@H]1Cc3ccccc3N1C2=O. The van der Waals surface area contributed by atoms with Crippen LogP contribution < -0.4 is 55.3 Å². The van der Waals surface area contributed by atoms with Crippen molar-refractivity contribution in [2.45, 2.75) is 96.7 Å². The van der Waals surface area contributed by atoms with Crippen molar-refractivity contribution in [3.63, 3.8) is 0 Å². The number of rotatable bonds is 21. The van der Waals surface area contributed by atoms with Gasteiger partial charge in [-0.25, -0.2) is 0 Å². The lowest BCUT2D eigenvalue weighted by Gasteiger charge is -2.22. The molecular formula is C61H63N9O12. The second-order valence-corrected chi connectivity index (χ2v) is 20.8. The zero-order chi connectivity index (χ0) is 57.8. The number of carbonyl (C=O) groups excluding carboxylic acids is 8. The molecule has 82 heavy (non-hydrogen) atoms. The van der Waals surface area contributed by atoms with Gasteiger partial charge in [-0.2, -0.15) is 0 Å². The Morgan fingerprint density at radius 2 is 1.29 bits per heavy atom. The van der Waals surface area contributed by atoms with Crippen molar-refractivity contribution < 1.29 is 57.3 Å². The zero-order valence-corrected chi connectivity index (χ0v) is 46.1. The van der Waals surface area contributed by atoms with Crippen LogP contribution in [0.15, 0.2) is 108 Å². The van der Waals surface area contributed by atoms with E-state index < -0.39 is 35.7 Å². The van der Waals surface area contributed by atoms with E-state index in [1.807, 2.05) is 59.5 Å². The molecule has 5 aliphatic heterocycles. The van der Waals surface area contributed by atoms with Crippen LogP contribution in [0.1, 0.15) is 89.4 Å². The molecule has 4 atom stereocenters. The standard InChI is InChI=1S/C61H63N9O12/c1-34-20-56(73)68(59(34)76)19-18-62-54(71)16-10-11-17-55(72)65-35(2)57(74)66-36(3)58(75)67-41-22-37(32-81-52-28-46-44(26-50(52)79-4)60(77)69-42(30-63-46)24-39-12-6-8-14-48(39)69)21-38(23-41)33-82-53-29-47-45(27-51(53)80-5)61(78)70-43(31-64-47)25-40-13-7-9-15-49(40)70/h6-9,12-15,20-23,26-30,35-36,42-43,64H,10-11,16-19,24-25,31-33H2,1-5H3,(H,62,71)(H,65,72)(H,66,74)(H,67,75)/t35-,36-,42-,43-/m0/s1. The van der Waals surface area contributed by atoms with Crippen LogP contribution in [0, 0.1) is 0 Å². The first kappa shape index (κ1) is 55.8. The van der Waals surface area contributed by atoms with E-state index in [0.717, 1.165) is 33.8 Å². The number of hydrogen-bond acceptors (Lipinski definition) is 14. The first-order valence-electron chi connectivity index (χ1n) is 27.2. The molecule has 5 aliphatic rings. The largest absolute Gasteiger partial charge is 0.493 e. The van der Waals surface area contributed by atoms with E-state index in [0.29, 0.717) is 93.7 Å². The van der Waals surface area contributed by atoms with E-state index in [9.17, 15) is 38.4 Å². The van der Waals surface area contributed by atoms with Crippen LogP contribution >= 0.6 is 0 Å². The third-order valence-electron chi connectivity index (χ3n) is 15.0. The molecule has 5 aromatic carbocycles. The molecule has 0 fully saturated rings. The molecular weight excluding hydrogens is 1050 g/mol. The number of nitrogens with zero attached hydrogens (tertiary/aromatic N) is 4. The molecule has 0 aliphatic carbocycles. The number of anilines is 4. The van der Waals surface area contributed by atoms with Crippen LogP contribution in [0.4, 0.5) is 28.4 Å². The molecule has 0 saturated heterocycles. The first-order valence-corrected chi connectivity index (χ1v) is 27.2. The van der Waals surface area contributed by atoms with Gasteiger partial charge in [0.05, 0.1) is 48.8 Å². The van der Waals surface area contributed by atoms with Crippen molar-refractivity contribution in [3.05, 3.63) is 136 Å². The highest BCUT2D eigenvalue weighted by Crippen LogP contribution is 2.43. The van der Waals surface area contributed by atoms with Crippen LogP contribution in [0.2, 0.25) is 0 Å². The number of fused-ring (bicyclic) bond motifs is 8. The van der Waals surface area contributed by atoms with Crippen molar-refractivity contribution in [1.29, 1.82) is 0 Å². The number of imide groups is 1. The molecule has 0 unspecified atom stereocenters. The number of para-hydroxylation sites is 2. The summed E-state index contributed by atoms with van der Waals surface area (Å²) in [5.41, 5.74) is 7.59. The smallest absolute Gasteiger partial charge is 0.261 e. The van der Waals surface area contributed by atoms with Crippen molar-refractivity contribution in [2.24, 2.45) is 4.99 Å². The van der Waals surface area contributed by atoms with Gasteiger partial charge in [-0.1, -0.05) is 36.4 Å². The topological polar surface area (TPSA) is 256 Å². The molecule has 21 nitrogen and oxygen atoms in total. The fourth-order valence-electron chi connectivity index (χ4n) is 10.8. The third-order valence-corrected chi connectivity index (χ3v) is 15.0. The van der Waals surface area contributed by atoms with Gasteiger partial charge >= 0.3 is 0 Å². The summed E-state index contributed by atoms with van der Waals surface area (Å²) in [6.45, 7) is 5.17. The minimum absolute atomic E-state index is 0.0263. The molecule has 10 rings (SSSR count). The van der Waals surface area contributed by atoms with E-state index in [2.05, 4.69) is 26.6 Å². The number of amides is 8. The number of hydrogen-bond donors (Lipinski definition) is 5. The first-order chi connectivity index (χ1) is 39.6. The molecule has 5 heterocycles. The molecule has 0 saturated carbocycles. The summed E-state index contributed by atoms with van der Waals surface area (Å²) in [6.07, 6.45) is 5.29. The molecule has 5 aromatic rings. The Balaban J connectivity index is 0.798. The summed E-state index contributed by atoms with van der Waals surface area (Å²) in [6, 6.07) is 25.3. The fraction of sp³-hybridized carbons (Fsp3) is 0.328. The average molecular weight is 1110 g/mol. The summed E-state index contributed by atoms with van der Waals surface area (Å²) in [4.78, 5) is 114. The van der Waals surface area contributed by atoms with Crippen LogP contribution in [0.3, 0.4) is 0 Å². The Kier molecular flexibility index (Phi) is 16.4. The minimum Gasteiger partial charge on any atom is -0.493 e. The number of unbranched alkanes of at least 4 members (excludes halogenated alkanes) is 1. The maximum absolute atomic E-state index is 14.1. The van der Waals surface area contributed by atoms with Crippen molar-refractivity contribution in [3.8, 4) is 23.0 Å². The summed E-state index contributed by atoms with van der Waals surface area (Å²) in [5, 5.41) is 14.3. The highest BCUT2D eigenvalue weighted by atomic mass is 16.5. The molecule has 424 valence electrons. The molecule has 5 N–H and O–H groups in total. The van der Waals surface area contributed by atoms with Gasteiger partial charge < -0.3 is 50.4 Å². The summed E-state index contributed by atoms with van der Waals surface area (Å²) < 4.78 is 24.4. The lowest BCUT2D eigenvalue weighted by Crippen LogP contribution is -2.50. The normalized spacial score (nSPS) is 17.1. The second-order valence-electron chi connectivity index (χ2n) is 20.8. The molecule has 8 amide bonds. The quantitative estimate of drug-likeness (QED) is 0.0413. The molecule has 0 aromatic heterocycles. The van der Waals surface area contributed by atoms with Crippen LogP contribution in [0.5, 0.6) is 23.0 Å². The van der Waals surface area contributed by atoms with E-state index in [1.165, 1.54) is 34.1 Å². The van der Waals surface area contributed by atoms with E-state index in [4.69, 9.17) is 23.9 Å². The summed E-state index contributed by atoms with van der Waals surface area (Å²) in [7, 11) is 2.99. The van der Waals surface area contributed by atoms with Crippen molar-refractivity contribution in [2.75, 3.05) is 54.3 Å². The average Bonchev–Trinajstić information content (AvgIpc) is 3.49. The minimum atomic E-state index is -1.06. The van der Waals surface area contributed by atoms with Gasteiger partial charge in [-0.3, -0.25) is 53.1 Å². The molecule has 0 spiro atoms. The van der Waals surface area contributed by atoms with Crippen LogP contribution in [-0.4, -0.2) is 116 Å². The van der Waals surface area contributed by atoms with Gasteiger partial charge in [-0.15, -0.1) is 0 Å². The lowest BCUT2D eigenvalue weighted by molar-refractivity contribution is -0.137. The van der Waals surface area contributed by atoms with Gasteiger partial charge in [0.2, 0.25) is 23.6 Å². The van der Waals surface area contributed by atoms with Crippen molar-refractivity contribution in [1.82, 2.24) is 20.9 Å². The lowest BCUT2D eigenvalue weighted by atomic mass is 10.1. The predicted octanol–water partition coefficient (Wildman–Crippen LogP) is 6.09. The third kappa shape index (κ3) is 11.8. The van der Waals surface area contributed by atoms with E-state index in [-0.39, 0.29) is 74.9 Å². The Morgan fingerprint density at radius 1 is 0.683 bits per heavy atom.